The van der Waals surface area contributed by atoms with Gasteiger partial charge in [-0.2, -0.15) is 5.26 Å². The summed E-state index contributed by atoms with van der Waals surface area (Å²) in [6, 6.07) is 4.89. The van der Waals surface area contributed by atoms with Crippen LogP contribution in [-0.2, 0) is 19.1 Å². The standard InChI is InChI=1S/C14H13ClN2O5/c1-20-10-5-4-8(7-16)13(12(10)15)17-9(14(19)22-3)6-11(18)21-2/h4-6,17H,1-3H3/b9-6+. The number of esters is 2. The molecule has 0 saturated carbocycles. The van der Waals surface area contributed by atoms with Gasteiger partial charge in [-0.3, -0.25) is 0 Å². The van der Waals surface area contributed by atoms with Gasteiger partial charge in [0.2, 0.25) is 0 Å². The summed E-state index contributed by atoms with van der Waals surface area (Å²) in [5.74, 6) is -1.30. The molecule has 1 aromatic carbocycles. The maximum absolute atomic E-state index is 11.7. The number of halogens is 1. The highest BCUT2D eigenvalue weighted by atomic mass is 35.5. The molecule has 1 N–H and O–H groups in total. The summed E-state index contributed by atoms with van der Waals surface area (Å²) in [5, 5.41) is 11.8. The molecule has 0 aliphatic heterocycles. The smallest absolute Gasteiger partial charge is 0.354 e. The van der Waals surface area contributed by atoms with Crippen molar-refractivity contribution in [2.24, 2.45) is 0 Å². The van der Waals surface area contributed by atoms with Crippen molar-refractivity contribution < 1.29 is 23.8 Å². The molecule has 0 saturated heterocycles. The van der Waals surface area contributed by atoms with Crippen LogP contribution in [0, 0.1) is 11.3 Å². The van der Waals surface area contributed by atoms with Crippen molar-refractivity contribution in [2.75, 3.05) is 26.6 Å². The van der Waals surface area contributed by atoms with Crippen molar-refractivity contribution in [3.63, 3.8) is 0 Å². The Labute approximate surface area is 132 Å². The second-order valence-electron chi connectivity index (χ2n) is 3.81. The second-order valence-corrected chi connectivity index (χ2v) is 4.19. The zero-order chi connectivity index (χ0) is 16.7. The van der Waals surface area contributed by atoms with Gasteiger partial charge in [0.15, 0.2) is 0 Å². The van der Waals surface area contributed by atoms with E-state index >= 15 is 0 Å². The highest BCUT2D eigenvalue weighted by Crippen LogP contribution is 2.35. The molecule has 8 heteroatoms. The number of carbonyl (C=O) groups is 2. The van der Waals surface area contributed by atoms with E-state index in [1.807, 2.05) is 6.07 Å². The lowest BCUT2D eigenvalue weighted by Crippen LogP contribution is -2.16. The lowest BCUT2D eigenvalue weighted by atomic mass is 10.1. The van der Waals surface area contributed by atoms with E-state index in [-0.39, 0.29) is 22.0 Å². The Hall–Kier alpha value is -2.72. The number of rotatable bonds is 5. The summed E-state index contributed by atoms with van der Waals surface area (Å²) in [6.45, 7) is 0. The Morgan fingerprint density at radius 1 is 1.27 bits per heavy atom. The van der Waals surface area contributed by atoms with Crippen LogP contribution >= 0.6 is 11.6 Å². The molecule has 7 nitrogen and oxygen atoms in total. The van der Waals surface area contributed by atoms with Gasteiger partial charge in [0.1, 0.15) is 22.5 Å². The quantitative estimate of drug-likeness (QED) is 0.652. The van der Waals surface area contributed by atoms with Crippen molar-refractivity contribution in [1.82, 2.24) is 0 Å². The van der Waals surface area contributed by atoms with Gasteiger partial charge < -0.3 is 19.5 Å². The summed E-state index contributed by atoms with van der Waals surface area (Å²) in [7, 11) is 3.71. The Morgan fingerprint density at radius 2 is 1.95 bits per heavy atom. The number of anilines is 1. The van der Waals surface area contributed by atoms with Gasteiger partial charge in [0.25, 0.3) is 0 Å². The molecule has 0 bridgehead atoms. The number of ether oxygens (including phenoxy) is 3. The summed E-state index contributed by atoms with van der Waals surface area (Å²) >= 11 is 6.12. The molecule has 0 fully saturated rings. The average Bonchev–Trinajstić information content (AvgIpc) is 2.54. The summed E-state index contributed by atoms with van der Waals surface area (Å²) in [4.78, 5) is 23.0. The number of nitrogens with one attached hydrogen (secondary N) is 1. The van der Waals surface area contributed by atoms with Crippen molar-refractivity contribution >= 4 is 29.2 Å². The third-order valence-corrected chi connectivity index (χ3v) is 2.95. The molecule has 0 atom stereocenters. The fourth-order valence-electron chi connectivity index (χ4n) is 1.50. The minimum atomic E-state index is -0.826. The van der Waals surface area contributed by atoms with Crippen LogP contribution in [0.4, 0.5) is 5.69 Å². The van der Waals surface area contributed by atoms with Gasteiger partial charge in [-0.1, -0.05) is 11.6 Å². The molecular weight excluding hydrogens is 312 g/mol. The van der Waals surface area contributed by atoms with Gasteiger partial charge in [0.05, 0.1) is 38.7 Å². The van der Waals surface area contributed by atoms with Gasteiger partial charge in [-0.15, -0.1) is 0 Å². The van der Waals surface area contributed by atoms with E-state index in [9.17, 15) is 9.59 Å². The van der Waals surface area contributed by atoms with Crippen LogP contribution in [0.3, 0.4) is 0 Å². The topological polar surface area (TPSA) is 97.6 Å². The molecule has 0 aliphatic carbocycles. The molecule has 116 valence electrons. The second kappa shape index (κ2) is 7.90. The number of carbonyl (C=O) groups excluding carboxylic acids is 2. The van der Waals surface area contributed by atoms with Gasteiger partial charge in [-0.05, 0) is 12.1 Å². The molecule has 0 spiro atoms. The van der Waals surface area contributed by atoms with Gasteiger partial charge in [-0.25, -0.2) is 9.59 Å². The van der Waals surface area contributed by atoms with Crippen LogP contribution in [0.5, 0.6) is 5.75 Å². The van der Waals surface area contributed by atoms with Crippen molar-refractivity contribution in [3.05, 3.63) is 34.5 Å². The monoisotopic (exact) mass is 324 g/mol. The van der Waals surface area contributed by atoms with E-state index in [0.29, 0.717) is 5.75 Å². The minimum Gasteiger partial charge on any atom is -0.495 e. The summed E-state index contributed by atoms with van der Waals surface area (Å²) < 4.78 is 14.1. The Kier molecular flexibility index (Phi) is 6.23. The third-order valence-electron chi connectivity index (χ3n) is 2.58. The molecule has 0 amide bonds. The van der Waals surface area contributed by atoms with Crippen LogP contribution in [0.1, 0.15) is 5.56 Å². The van der Waals surface area contributed by atoms with E-state index in [1.54, 1.807) is 0 Å². The van der Waals surface area contributed by atoms with Crippen molar-refractivity contribution in [1.29, 1.82) is 5.26 Å². The number of hydrogen-bond donors (Lipinski definition) is 1. The van der Waals surface area contributed by atoms with Crippen LogP contribution < -0.4 is 10.1 Å². The molecule has 1 aromatic rings. The minimum absolute atomic E-state index is 0.0845. The molecule has 0 unspecified atom stereocenters. The SMILES string of the molecule is COC(=O)/C=C(/Nc1c(C#N)ccc(OC)c1Cl)C(=O)OC. The van der Waals surface area contributed by atoms with E-state index in [4.69, 9.17) is 21.6 Å². The maximum Gasteiger partial charge on any atom is 0.354 e. The molecule has 0 radical (unpaired) electrons. The first-order valence-electron chi connectivity index (χ1n) is 5.90. The highest BCUT2D eigenvalue weighted by Gasteiger charge is 2.18. The van der Waals surface area contributed by atoms with Crippen molar-refractivity contribution in [2.45, 2.75) is 0 Å². The van der Waals surface area contributed by atoms with Crippen LogP contribution in [0.25, 0.3) is 0 Å². The predicted molar refractivity (Wildman–Crippen MR) is 78.5 cm³/mol. The van der Waals surface area contributed by atoms with E-state index in [2.05, 4.69) is 14.8 Å². The summed E-state index contributed by atoms with van der Waals surface area (Å²) in [5.41, 5.74) is 0.0375. The van der Waals surface area contributed by atoms with E-state index in [0.717, 1.165) is 20.3 Å². The predicted octanol–water partition coefficient (Wildman–Crippen LogP) is 1.86. The number of methoxy groups -OCH3 is 3. The normalized spacial score (nSPS) is 10.4. The molecule has 0 aliphatic rings. The molecule has 0 aromatic heterocycles. The Bertz CT molecular complexity index is 664. The first-order chi connectivity index (χ1) is 10.5. The van der Waals surface area contributed by atoms with Gasteiger partial charge in [0, 0.05) is 0 Å². The third kappa shape index (κ3) is 3.90. The van der Waals surface area contributed by atoms with E-state index in [1.165, 1.54) is 19.2 Å². The fraction of sp³-hybridized carbons (Fsp3) is 0.214. The molecule has 22 heavy (non-hydrogen) atoms. The van der Waals surface area contributed by atoms with Crippen LogP contribution in [0.15, 0.2) is 23.9 Å². The lowest BCUT2D eigenvalue weighted by molar-refractivity contribution is -0.138. The first kappa shape index (κ1) is 17.3. The van der Waals surface area contributed by atoms with E-state index < -0.39 is 11.9 Å². The van der Waals surface area contributed by atoms with Crippen LogP contribution in [0.2, 0.25) is 5.02 Å². The lowest BCUT2D eigenvalue weighted by Gasteiger charge is -2.14. The largest absolute Gasteiger partial charge is 0.495 e. The zero-order valence-corrected chi connectivity index (χ0v) is 12.9. The maximum atomic E-state index is 11.7. The first-order valence-corrected chi connectivity index (χ1v) is 6.27. The number of benzene rings is 1. The number of nitriles is 1. The van der Waals surface area contributed by atoms with Crippen LogP contribution in [-0.4, -0.2) is 33.3 Å². The fourth-order valence-corrected chi connectivity index (χ4v) is 1.79. The average molecular weight is 325 g/mol. The Balaban J connectivity index is 3.35. The Morgan fingerprint density at radius 3 is 2.45 bits per heavy atom. The molecular formula is C14H13ClN2O5. The van der Waals surface area contributed by atoms with Gasteiger partial charge >= 0.3 is 11.9 Å². The summed E-state index contributed by atoms with van der Waals surface area (Å²) in [6.07, 6.45) is 0.892. The molecule has 1 rings (SSSR count). The molecule has 0 heterocycles. The number of nitrogens with zero attached hydrogens (tertiary/aromatic N) is 1. The van der Waals surface area contributed by atoms with Crippen molar-refractivity contribution in [3.8, 4) is 11.8 Å². The highest BCUT2D eigenvalue weighted by molar-refractivity contribution is 6.35. The zero-order valence-electron chi connectivity index (χ0n) is 12.1. The number of hydrogen-bond acceptors (Lipinski definition) is 7.